The molecule has 18 heavy (non-hydrogen) atoms. The second kappa shape index (κ2) is 6.32. The molecule has 0 saturated heterocycles. The SMILES string of the molecule is Br.N[C@@H](Cc1ncc(-c2ccccc2)o1)C(=O)O. The number of aliphatic carboxylic acids is 1. The number of nitrogens with two attached hydrogens (primary N) is 1. The van der Waals surface area contributed by atoms with E-state index in [2.05, 4.69) is 4.98 Å². The molecule has 2 aromatic rings. The first-order valence-corrected chi connectivity index (χ1v) is 5.15. The number of halogens is 1. The van der Waals surface area contributed by atoms with Crippen molar-refractivity contribution in [2.75, 3.05) is 0 Å². The molecule has 1 atom stereocenters. The summed E-state index contributed by atoms with van der Waals surface area (Å²) in [6, 6.07) is 8.47. The van der Waals surface area contributed by atoms with Gasteiger partial charge in [0.05, 0.1) is 12.6 Å². The number of rotatable bonds is 4. The topological polar surface area (TPSA) is 89.4 Å². The lowest BCUT2D eigenvalue weighted by Crippen LogP contribution is -2.32. The molecular weight excluding hydrogens is 300 g/mol. The average Bonchev–Trinajstić information content (AvgIpc) is 2.78. The van der Waals surface area contributed by atoms with Gasteiger partial charge in [0.2, 0.25) is 0 Å². The molecule has 0 saturated carbocycles. The van der Waals surface area contributed by atoms with Crippen LogP contribution in [-0.4, -0.2) is 22.1 Å². The quantitative estimate of drug-likeness (QED) is 0.899. The molecule has 1 aromatic carbocycles. The maximum atomic E-state index is 10.6. The molecular formula is C12H13BrN2O3. The molecule has 96 valence electrons. The van der Waals surface area contributed by atoms with Gasteiger partial charge in [-0.3, -0.25) is 4.79 Å². The number of oxazole rings is 1. The Labute approximate surface area is 114 Å². The molecule has 0 spiro atoms. The minimum atomic E-state index is -1.07. The Morgan fingerprint density at radius 3 is 2.67 bits per heavy atom. The van der Waals surface area contributed by atoms with Crippen molar-refractivity contribution in [3.8, 4) is 11.3 Å². The molecule has 0 aliphatic heterocycles. The van der Waals surface area contributed by atoms with Crippen LogP contribution in [0.5, 0.6) is 0 Å². The fraction of sp³-hybridized carbons (Fsp3) is 0.167. The summed E-state index contributed by atoms with van der Waals surface area (Å²) in [5.41, 5.74) is 6.30. The molecule has 0 fully saturated rings. The summed E-state index contributed by atoms with van der Waals surface area (Å²) in [7, 11) is 0. The van der Waals surface area contributed by atoms with Crippen LogP contribution in [0.15, 0.2) is 40.9 Å². The van der Waals surface area contributed by atoms with Crippen LogP contribution in [0, 0.1) is 0 Å². The fourth-order valence-corrected chi connectivity index (χ4v) is 1.42. The molecule has 3 N–H and O–H groups in total. The van der Waals surface area contributed by atoms with Crippen LogP contribution < -0.4 is 5.73 Å². The Kier molecular flexibility index (Phi) is 5.06. The number of carbonyl (C=O) groups is 1. The minimum absolute atomic E-state index is 0. The van der Waals surface area contributed by atoms with Crippen LogP contribution in [0.3, 0.4) is 0 Å². The number of carboxylic acids is 1. The minimum Gasteiger partial charge on any atom is -0.480 e. The van der Waals surface area contributed by atoms with E-state index in [0.29, 0.717) is 11.7 Å². The Morgan fingerprint density at radius 1 is 1.39 bits per heavy atom. The summed E-state index contributed by atoms with van der Waals surface area (Å²) in [5.74, 6) is -0.124. The smallest absolute Gasteiger partial charge is 0.321 e. The summed E-state index contributed by atoms with van der Waals surface area (Å²) in [6.45, 7) is 0. The largest absolute Gasteiger partial charge is 0.480 e. The van der Waals surface area contributed by atoms with Crippen molar-refractivity contribution in [3.63, 3.8) is 0 Å². The summed E-state index contributed by atoms with van der Waals surface area (Å²) >= 11 is 0. The predicted molar refractivity (Wildman–Crippen MR) is 71.6 cm³/mol. The van der Waals surface area contributed by atoms with Gasteiger partial charge in [0, 0.05) is 5.56 Å². The molecule has 1 aromatic heterocycles. The highest BCUT2D eigenvalue weighted by molar-refractivity contribution is 8.93. The number of carboxylic acid groups (broad SMARTS) is 1. The second-order valence-electron chi connectivity index (χ2n) is 3.63. The lowest BCUT2D eigenvalue weighted by molar-refractivity contribution is -0.138. The second-order valence-corrected chi connectivity index (χ2v) is 3.63. The van der Waals surface area contributed by atoms with Gasteiger partial charge in [0.15, 0.2) is 11.7 Å². The van der Waals surface area contributed by atoms with Crippen LogP contribution in [0.1, 0.15) is 5.89 Å². The third kappa shape index (κ3) is 3.41. The molecule has 5 nitrogen and oxygen atoms in total. The highest BCUT2D eigenvalue weighted by Crippen LogP contribution is 2.20. The van der Waals surface area contributed by atoms with E-state index < -0.39 is 12.0 Å². The van der Waals surface area contributed by atoms with Crippen molar-refractivity contribution in [2.24, 2.45) is 5.73 Å². The molecule has 6 heteroatoms. The molecule has 1 heterocycles. The Hall–Kier alpha value is -1.66. The van der Waals surface area contributed by atoms with Gasteiger partial charge in [0.1, 0.15) is 6.04 Å². The van der Waals surface area contributed by atoms with Gasteiger partial charge in [-0.25, -0.2) is 4.98 Å². The maximum absolute atomic E-state index is 10.6. The van der Waals surface area contributed by atoms with Gasteiger partial charge < -0.3 is 15.3 Å². The summed E-state index contributed by atoms with van der Waals surface area (Å²) in [4.78, 5) is 14.6. The first kappa shape index (κ1) is 14.4. The number of hydrogen-bond donors (Lipinski definition) is 2. The molecule has 0 unspecified atom stereocenters. The third-order valence-corrected chi connectivity index (χ3v) is 2.32. The van der Waals surface area contributed by atoms with E-state index in [9.17, 15) is 4.79 Å². The van der Waals surface area contributed by atoms with Gasteiger partial charge in [-0.1, -0.05) is 30.3 Å². The zero-order valence-electron chi connectivity index (χ0n) is 9.45. The van der Waals surface area contributed by atoms with E-state index in [0.717, 1.165) is 5.56 Å². The number of nitrogens with zero attached hydrogens (tertiary/aromatic N) is 1. The zero-order chi connectivity index (χ0) is 12.3. The fourth-order valence-electron chi connectivity index (χ4n) is 1.42. The van der Waals surface area contributed by atoms with Crippen LogP contribution in [0.25, 0.3) is 11.3 Å². The summed E-state index contributed by atoms with van der Waals surface area (Å²) in [6.07, 6.45) is 1.65. The summed E-state index contributed by atoms with van der Waals surface area (Å²) in [5, 5.41) is 8.67. The van der Waals surface area contributed by atoms with Gasteiger partial charge in [0.25, 0.3) is 0 Å². The molecule has 2 rings (SSSR count). The van der Waals surface area contributed by atoms with Gasteiger partial charge in [-0.05, 0) is 0 Å². The van der Waals surface area contributed by atoms with E-state index in [1.54, 1.807) is 6.20 Å². The van der Waals surface area contributed by atoms with E-state index in [1.165, 1.54) is 0 Å². The molecule has 0 radical (unpaired) electrons. The standard InChI is InChI=1S/C12H12N2O3.BrH/c13-9(12(15)16)6-11-14-7-10(17-11)8-4-2-1-3-5-8;/h1-5,7,9H,6,13H2,(H,15,16);1H/t9-;/m0./s1. The first-order chi connectivity index (χ1) is 8.16. The summed E-state index contributed by atoms with van der Waals surface area (Å²) < 4.78 is 5.44. The van der Waals surface area contributed by atoms with Crippen molar-refractivity contribution in [3.05, 3.63) is 42.4 Å². The number of hydrogen-bond acceptors (Lipinski definition) is 4. The van der Waals surface area contributed by atoms with Crippen molar-refractivity contribution in [1.82, 2.24) is 4.98 Å². The van der Waals surface area contributed by atoms with Crippen molar-refractivity contribution >= 4 is 23.0 Å². The predicted octanol–water partition coefficient (Wildman–Crippen LogP) is 1.87. The molecule has 0 aliphatic rings. The van der Waals surface area contributed by atoms with Gasteiger partial charge in [-0.15, -0.1) is 17.0 Å². The molecule has 0 amide bonds. The maximum Gasteiger partial charge on any atom is 0.321 e. The number of benzene rings is 1. The Morgan fingerprint density at radius 2 is 2.06 bits per heavy atom. The first-order valence-electron chi connectivity index (χ1n) is 5.15. The molecule has 0 bridgehead atoms. The lowest BCUT2D eigenvalue weighted by Gasteiger charge is -2.01. The zero-order valence-corrected chi connectivity index (χ0v) is 11.2. The third-order valence-electron chi connectivity index (χ3n) is 2.32. The monoisotopic (exact) mass is 312 g/mol. The Bertz CT molecular complexity index is 513. The van der Waals surface area contributed by atoms with Crippen LogP contribution >= 0.6 is 17.0 Å². The highest BCUT2D eigenvalue weighted by atomic mass is 79.9. The van der Waals surface area contributed by atoms with Crippen molar-refractivity contribution < 1.29 is 14.3 Å². The van der Waals surface area contributed by atoms with Crippen molar-refractivity contribution in [2.45, 2.75) is 12.5 Å². The van der Waals surface area contributed by atoms with Crippen LogP contribution in [0.2, 0.25) is 0 Å². The molecule has 0 aliphatic carbocycles. The number of aromatic nitrogens is 1. The average molecular weight is 313 g/mol. The van der Waals surface area contributed by atoms with E-state index in [-0.39, 0.29) is 23.4 Å². The Balaban J connectivity index is 0.00000162. The van der Waals surface area contributed by atoms with E-state index >= 15 is 0 Å². The van der Waals surface area contributed by atoms with Crippen LogP contribution in [0.4, 0.5) is 0 Å². The van der Waals surface area contributed by atoms with E-state index in [4.69, 9.17) is 15.3 Å². The van der Waals surface area contributed by atoms with Gasteiger partial charge >= 0.3 is 5.97 Å². The van der Waals surface area contributed by atoms with Crippen molar-refractivity contribution in [1.29, 1.82) is 0 Å². The normalized spacial score (nSPS) is 11.6. The van der Waals surface area contributed by atoms with Gasteiger partial charge in [-0.2, -0.15) is 0 Å². The lowest BCUT2D eigenvalue weighted by atomic mass is 10.2. The van der Waals surface area contributed by atoms with E-state index in [1.807, 2.05) is 30.3 Å². The highest BCUT2D eigenvalue weighted by Gasteiger charge is 2.16. The van der Waals surface area contributed by atoms with Crippen LogP contribution in [-0.2, 0) is 11.2 Å².